The number of aliphatic hydroxyl groups is 2. The van der Waals surface area contributed by atoms with Gasteiger partial charge in [0.05, 0.1) is 36.7 Å². The van der Waals surface area contributed by atoms with Gasteiger partial charge in [0.1, 0.15) is 17.0 Å². The van der Waals surface area contributed by atoms with Gasteiger partial charge in [-0.25, -0.2) is 4.57 Å². The topological polar surface area (TPSA) is 81.5 Å². The van der Waals surface area contributed by atoms with Gasteiger partial charge in [-0.15, -0.1) is 0 Å². The number of nitrogens with zero attached hydrogens (tertiary/aromatic N) is 4. The van der Waals surface area contributed by atoms with E-state index in [9.17, 15) is 10.2 Å². The fourth-order valence-electron chi connectivity index (χ4n) is 3.13. The first-order chi connectivity index (χ1) is 14.7. The molecule has 0 unspecified atom stereocenters. The van der Waals surface area contributed by atoms with E-state index >= 15 is 0 Å². The molecule has 0 aliphatic carbocycles. The number of methoxy groups -OCH3 is 1. The highest BCUT2D eigenvalue weighted by Crippen LogP contribution is 2.31. The number of azo groups is 1. The molecule has 1 aromatic heterocycles. The third kappa shape index (κ3) is 5.54. The number of fused-ring (bicyclic) bond motifs is 1. The van der Waals surface area contributed by atoms with Gasteiger partial charge in [0, 0.05) is 30.2 Å². The van der Waals surface area contributed by atoms with Crippen LogP contribution in [0.5, 0.6) is 5.75 Å². The molecule has 0 fully saturated rings. The van der Waals surface area contributed by atoms with Crippen molar-refractivity contribution in [2.75, 3.05) is 43.6 Å². The van der Waals surface area contributed by atoms with Crippen LogP contribution in [0.2, 0.25) is 0 Å². The quantitative estimate of drug-likeness (QED) is 0.238. The zero-order chi connectivity index (χ0) is 21.3. The maximum Gasteiger partial charge on any atom is 0.409 e. The number of halogens is 1. The number of benzene rings is 2. The standard InChI is InChI=1S/C21H26BrN4O3S/c1-29-18-7-8-19-20(15-18)30-21(26(19)10-2-9-22)24-23-16-3-5-17(6-4-16)25(11-13-27)12-14-28/h3-8,15,27-28H,2,9-14H2,1H3/q+1. The van der Waals surface area contributed by atoms with Crippen molar-refractivity contribution in [1.82, 2.24) is 0 Å². The number of ether oxygens (including phenoxy) is 1. The number of aryl methyl sites for hydroxylation is 1. The van der Waals surface area contributed by atoms with Crippen LogP contribution in [0, 0.1) is 0 Å². The van der Waals surface area contributed by atoms with Crippen LogP contribution in [-0.4, -0.2) is 49.0 Å². The minimum absolute atomic E-state index is 0.0343. The SMILES string of the molecule is COc1ccc2c(c1)sc(/N=N/c1ccc(N(CCO)CCO)cc1)[n+]2CCCBr. The summed E-state index contributed by atoms with van der Waals surface area (Å²) in [6.07, 6.45) is 0.991. The summed E-state index contributed by atoms with van der Waals surface area (Å²) < 4.78 is 8.64. The lowest BCUT2D eigenvalue weighted by molar-refractivity contribution is -0.654. The second kappa shape index (κ2) is 11.4. The molecule has 0 saturated carbocycles. The molecule has 0 radical (unpaired) electrons. The normalized spacial score (nSPS) is 11.5. The van der Waals surface area contributed by atoms with Crippen molar-refractivity contribution < 1.29 is 19.5 Å². The van der Waals surface area contributed by atoms with Gasteiger partial charge >= 0.3 is 5.13 Å². The maximum absolute atomic E-state index is 9.20. The molecule has 9 heteroatoms. The Labute approximate surface area is 188 Å². The van der Waals surface area contributed by atoms with Crippen LogP contribution in [0.25, 0.3) is 10.2 Å². The zero-order valence-corrected chi connectivity index (χ0v) is 19.3. The van der Waals surface area contributed by atoms with Gasteiger partial charge in [-0.2, -0.15) is 0 Å². The lowest BCUT2D eigenvalue weighted by atomic mass is 10.2. The lowest BCUT2D eigenvalue weighted by Gasteiger charge is -2.22. The molecule has 0 aliphatic heterocycles. The predicted octanol–water partition coefficient (Wildman–Crippen LogP) is 4.19. The van der Waals surface area contributed by atoms with E-state index in [4.69, 9.17) is 4.74 Å². The number of alkyl halides is 1. The van der Waals surface area contributed by atoms with Crippen molar-refractivity contribution in [3.8, 4) is 5.75 Å². The molecular weight excluding hydrogens is 468 g/mol. The summed E-state index contributed by atoms with van der Waals surface area (Å²) in [6, 6.07) is 13.7. The molecule has 7 nitrogen and oxygen atoms in total. The fourth-order valence-corrected chi connectivity index (χ4v) is 4.42. The summed E-state index contributed by atoms with van der Waals surface area (Å²) in [6.45, 7) is 1.86. The van der Waals surface area contributed by atoms with Crippen LogP contribution in [0.1, 0.15) is 6.42 Å². The number of hydrogen-bond acceptors (Lipinski definition) is 7. The Hall–Kier alpha value is -2.07. The summed E-state index contributed by atoms with van der Waals surface area (Å²) in [5.74, 6) is 0.825. The van der Waals surface area contributed by atoms with Crippen molar-refractivity contribution in [3.05, 3.63) is 42.5 Å². The maximum atomic E-state index is 9.20. The Morgan fingerprint density at radius 1 is 1.07 bits per heavy atom. The molecule has 0 bridgehead atoms. The Kier molecular flexibility index (Phi) is 8.56. The van der Waals surface area contributed by atoms with Gasteiger partial charge in [0.25, 0.3) is 0 Å². The predicted molar refractivity (Wildman–Crippen MR) is 124 cm³/mol. The molecule has 1 heterocycles. The first kappa shape index (κ1) is 22.6. The summed E-state index contributed by atoms with van der Waals surface area (Å²) >= 11 is 5.09. The second-order valence-electron chi connectivity index (χ2n) is 6.56. The van der Waals surface area contributed by atoms with E-state index in [1.165, 1.54) is 0 Å². The van der Waals surface area contributed by atoms with Gasteiger partial charge < -0.3 is 19.8 Å². The molecule has 0 saturated heterocycles. The molecule has 0 amide bonds. The summed E-state index contributed by atoms with van der Waals surface area (Å²) in [4.78, 5) is 1.93. The molecule has 2 N–H and O–H groups in total. The van der Waals surface area contributed by atoms with Crippen molar-refractivity contribution in [2.24, 2.45) is 10.2 Å². The molecule has 3 aromatic rings. The first-order valence-electron chi connectivity index (χ1n) is 9.75. The van der Waals surface area contributed by atoms with E-state index in [1.807, 2.05) is 41.3 Å². The summed E-state index contributed by atoms with van der Waals surface area (Å²) in [5.41, 5.74) is 2.79. The highest BCUT2D eigenvalue weighted by atomic mass is 79.9. The number of anilines is 1. The van der Waals surface area contributed by atoms with Crippen LogP contribution in [-0.2, 0) is 6.54 Å². The minimum atomic E-state index is 0.0343. The van der Waals surface area contributed by atoms with Crippen LogP contribution in [0.15, 0.2) is 52.7 Å². The first-order valence-corrected chi connectivity index (χ1v) is 11.7. The molecule has 2 aromatic carbocycles. The average molecular weight is 494 g/mol. The highest BCUT2D eigenvalue weighted by Gasteiger charge is 2.19. The second-order valence-corrected chi connectivity index (χ2v) is 8.37. The van der Waals surface area contributed by atoms with Crippen molar-refractivity contribution >= 4 is 54.0 Å². The molecule has 30 heavy (non-hydrogen) atoms. The van der Waals surface area contributed by atoms with Gasteiger partial charge in [0.2, 0.25) is 0 Å². The van der Waals surface area contributed by atoms with Crippen LogP contribution in [0.3, 0.4) is 0 Å². The van der Waals surface area contributed by atoms with Crippen LogP contribution < -0.4 is 14.2 Å². The zero-order valence-electron chi connectivity index (χ0n) is 16.9. The monoisotopic (exact) mass is 493 g/mol. The number of aliphatic hydroxyl groups excluding tert-OH is 2. The molecule has 0 spiro atoms. The van der Waals surface area contributed by atoms with Gasteiger partial charge in [-0.1, -0.05) is 15.9 Å². The van der Waals surface area contributed by atoms with E-state index in [0.29, 0.717) is 13.1 Å². The molecule has 160 valence electrons. The lowest BCUT2D eigenvalue weighted by Crippen LogP contribution is -2.32. The van der Waals surface area contributed by atoms with Gasteiger partial charge in [-0.3, -0.25) is 0 Å². The van der Waals surface area contributed by atoms with E-state index in [2.05, 4.69) is 36.8 Å². The number of rotatable bonds is 11. The Morgan fingerprint density at radius 2 is 1.80 bits per heavy atom. The van der Waals surface area contributed by atoms with Crippen LogP contribution >= 0.6 is 27.3 Å². The largest absolute Gasteiger partial charge is 0.497 e. The van der Waals surface area contributed by atoms with E-state index in [0.717, 1.165) is 50.8 Å². The Morgan fingerprint density at radius 3 is 2.43 bits per heavy atom. The van der Waals surface area contributed by atoms with Crippen molar-refractivity contribution in [1.29, 1.82) is 0 Å². The Balaban J connectivity index is 1.85. The van der Waals surface area contributed by atoms with Gasteiger partial charge in [0.15, 0.2) is 0 Å². The molecule has 3 rings (SSSR count). The van der Waals surface area contributed by atoms with Crippen LogP contribution in [0.4, 0.5) is 16.5 Å². The third-order valence-corrected chi connectivity index (χ3v) is 6.20. The number of thiazole rings is 1. The van der Waals surface area contributed by atoms with Crippen molar-refractivity contribution in [3.63, 3.8) is 0 Å². The summed E-state index contributed by atoms with van der Waals surface area (Å²) in [7, 11) is 1.67. The number of aromatic nitrogens is 1. The fraction of sp³-hybridized carbons (Fsp3) is 0.381. The Bertz CT molecular complexity index is 972. The van der Waals surface area contributed by atoms with Crippen molar-refractivity contribution in [2.45, 2.75) is 13.0 Å². The smallest absolute Gasteiger partial charge is 0.409 e. The molecule has 0 atom stereocenters. The van der Waals surface area contributed by atoms with Gasteiger partial charge in [-0.05, 0) is 59.3 Å². The molecule has 0 aliphatic rings. The number of hydrogen-bond donors (Lipinski definition) is 2. The summed E-state index contributed by atoms with van der Waals surface area (Å²) in [5, 5.41) is 29.1. The third-order valence-electron chi connectivity index (χ3n) is 4.61. The highest BCUT2D eigenvalue weighted by molar-refractivity contribution is 9.09. The van der Waals surface area contributed by atoms with E-state index in [1.54, 1.807) is 18.4 Å². The van der Waals surface area contributed by atoms with E-state index < -0.39 is 0 Å². The minimum Gasteiger partial charge on any atom is -0.497 e. The van der Waals surface area contributed by atoms with E-state index in [-0.39, 0.29) is 13.2 Å². The average Bonchev–Trinajstić information content (AvgIpc) is 3.12. The molecular formula is C21H26BrN4O3S+.